The van der Waals surface area contributed by atoms with Crippen molar-refractivity contribution in [3.8, 4) is 11.5 Å². The minimum atomic E-state index is -1.19. The third-order valence-electron chi connectivity index (χ3n) is 9.45. The first-order valence-corrected chi connectivity index (χ1v) is 15.6. The number of hydrogen-bond acceptors (Lipinski definition) is 5. The molecule has 2 N–H and O–H groups in total. The van der Waals surface area contributed by atoms with Gasteiger partial charge in [0.15, 0.2) is 0 Å². The Morgan fingerprint density at radius 1 is 0.909 bits per heavy atom. The van der Waals surface area contributed by atoms with Crippen LogP contribution in [0.15, 0.2) is 91.0 Å². The number of anilines is 1. The van der Waals surface area contributed by atoms with Gasteiger partial charge in [0.25, 0.3) is 0 Å². The summed E-state index contributed by atoms with van der Waals surface area (Å²) in [6.45, 7) is 2.28. The average molecular weight is 592 g/mol. The van der Waals surface area contributed by atoms with Crippen LogP contribution in [-0.4, -0.2) is 46.4 Å². The van der Waals surface area contributed by atoms with Crippen LogP contribution in [0.2, 0.25) is 0 Å². The van der Waals surface area contributed by atoms with Crippen molar-refractivity contribution in [2.24, 2.45) is 11.8 Å². The first kappa shape index (κ1) is 28.3. The maximum Gasteiger partial charge on any atom is 0.246 e. The second-order valence-electron chi connectivity index (χ2n) is 12.4. The molecular formula is C36H37N3O5. The van der Waals surface area contributed by atoms with E-state index in [-0.39, 0.29) is 30.3 Å². The summed E-state index contributed by atoms with van der Waals surface area (Å²) in [5, 5.41) is 6.23. The molecule has 8 heteroatoms. The molecule has 2 saturated heterocycles. The Balaban J connectivity index is 1.13. The van der Waals surface area contributed by atoms with Gasteiger partial charge < -0.3 is 25.0 Å². The molecule has 1 aliphatic carbocycles. The molecule has 8 nitrogen and oxygen atoms in total. The van der Waals surface area contributed by atoms with Gasteiger partial charge in [0.2, 0.25) is 17.7 Å². The topological polar surface area (TPSA) is 97.0 Å². The lowest BCUT2D eigenvalue weighted by Crippen LogP contribution is -2.56. The van der Waals surface area contributed by atoms with Crippen LogP contribution in [0, 0.1) is 18.8 Å². The van der Waals surface area contributed by atoms with Gasteiger partial charge in [0, 0.05) is 18.3 Å². The van der Waals surface area contributed by atoms with E-state index in [1.807, 2.05) is 73.7 Å². The quantitative estimate of drug-likeness (QED) is 0.336. The fraction of sp³-hybridized carbons (Fsp3) is 0.361. The minimum absolute atomic E-state index is 0.0820. The molecule has 3 aromatic carbocycles. The number of fused-ring (bicyclic) bond motifs is 1. The lowest BCUT2D eigenvalue weighted by Gasteiger charge is -2.34. The minimum Gasteiger partial charge on any atom is -0.457 e. The number of benzene rings is 3. The SMILES string of the molecule is Cc1ccc(CN2C(=O)[C@H]3C(C(=O)Nc4ccc(Oc5ccccc5)cc4)[C@H]4C=CC3(O4)C2C(=O)NC2CCCCC2)cc1. The molecule has 5 atom stereocenters. The maximum absolute atomic E-state index is 14.3. The van der Waals surface area contributed by atoms with E-state index in [4.69, 9.17) is 9.47 Å². The molecule has 7 rings (SSSR count). The van der Waals surface area contributed by atoms with E-state index in [0.717, 1.165) is 42.6 Å². The molecule has 4 aliphatic rings. The van der Waals surface area contributed by atoms with Crippen LogP contribution in [0.1, 0.15) is 43.2 Å². The zero-order valence-electron chi connectivity index (χ0n) is 24.8. The van der Waals surface area contributed by atoms with Gasteiger partial charge in [-0.2, -0.15) is 0 Å². The maximum atomic E-state index is 14.3. The van der Waals surface area contributed by atoms with Gasteiger partial charge in [-0.1, -0.05) is 79.4 Å². The number of nitrogens with zero attached hydrogens (tertiary/aromatic N) is 1. The summed E-state index contributed by atoms with van der Waals surface area (Å²) >= 11 is 0. The van der Waals surface area contributed by atoms with Gasteiger partial charge in [-0.3, -0.25) is 14.4 Å². The highest BCUT2D eigenvalue weighted by atomic mass is 16.5. The number of nitrogens with one attached hydrogen (secondary N) is 2. The molecule has 3 aromatic rings. The van der Waals surface area contributed by atoms with Crippen molar-refractivity contribution < 1.29 is 23.9 Å². The fourth-order valence-electron chi connectivity index (χ4n) is 7.31. The summed E-state index contributed by atoms with van der Waals surface area (Å²) in [6, 6.07) is 23.8. The molecule has 3 aliphatic heterocycles. The highest BCUT2D eigenvalue weighted by Crippen LogP contribution is 2.55. The lowest BCUT2D eigenvalue weighted by atomic mass is 9.74. The molecule has 1 spiro atoms. The largest absolute Gasteiger partial charge is 0.457 e. The van der Waals surface area contributed by atoms with Crippen molar-refractivity contribution >= 4 is 23.4 Å². The lowest BCUT2D eigenvalue weighted by molar-refractivity contribution is -0.142. The van der Waals surface area contributed by atoms with Gasteiger partial charge in [-0.05, 0) is 61.7 Å². The van der Waals surface area contributed by atoms with Crippen LogP contribution >= 0.6 is 0 Å². The van der Waals surface area contributed by atoms with E-state index < -0.39 is 29.6 Å². The fourth-order valence-corrected chi connectivity index (χ4v) is 7.31. The summed E-state index contributed by atoms with van der Waals surface area (Å²) in [5.41, 5.74) is 1.43. The van der Waals surface area contributed by atoms with Crippen molar-refractivity contribution in [3.63, 3.8) is 0 Å². The van der Waals surface area contributed by atoms with E-state index >= 15 is 0 Å². The Morgan fingerprint density at radius 3 is 2.34 bits per heavy atom. The Bertz CT molecular complexity index is 1570. The summed E-state index contributed by atoms with van der Waals surface area (Å²) in [6.07, 6.45) is 8.32. The van der Waals surface area contributed by atoms with Crippen molar-refractivity contribution in [2.75, 3.05) is 5.32 Å². The summed E-state index contributed by atoms with van der Waals surface area (Å²) in [4.78, 5) is 43.8. The summed E-state index contributed by atoms with van der Waals surface area (Å²) < 4.78 is 12.4. The standard InChI is InChI=1S/C36H37N3O5/c1-23-12-14-24(15-13-23)22-39-32(34(41)38-25-8-4-2-5-9-25)36-21-20-29(44-36)30(31(36)35(39)42)33(40)37-26-16-18-28(19-17-26)43-27-10-6-3-7-11-27/h3,6-7,10-21,25,29-32H,2,4-5,8-9,22H2,1H3,(H,37,40)(H,38,41)/t29-,30?,31-,32?,36?/m1/s1. The van der Waals surface area contributed by atoms with Crippen LogP contribution in [0.3, 0.4) is 0 Å². The van der Waals surface area contributed by atoms with Crippen LogP contribution in [0.4, 0.5) is 5.69 Å². The predicted octanol–water partition coefficient (Wildman–Crippen LogP) is 5.53. The van der Waals surface area contributed by atoms with Crippen LogP contribution in [0.5, 0.6) is 11.5 Å². The second-order valence-corrected chi connectivity index (χ2v) is 12.4. The highest BCUT2D eigenvalue weighted by molar-refractivity contribution is 6.02. The molecule has 3 heterocycles. The van der Waals surface area contributed by atoms with Crippen molar-refractivity contribution in [2.45, 2.75) is 69.4 Å². The smallest absolute Gasteiger partial charge is 0.246 e. The second kappa shape index (κ2) is 11.6. The molecule has 3 unspecified atom stereocenters. The third-order valence-corrected chi connectivity index (χ3v) is 9.45. The zero-order chi connectivity index (χ0) is 30.3. The predicted molar refractivity (Wildman–Crippen MR) is 166 cm³/mol. The molecule has 0 aromatic heterocycles. The van der Waals surface area contributed by atoms with E-state index in [9.17, 15) is 14.4 Å². The van der Waals surface area contributed by atoms with E-state index in [2.05, 4.69) is 10.6 Å². The van der Waals surface area contributed by atoms with Crippen LogP contribution in [-0.2, 0) is 25.7 Å². The van der Waals surface area contributed by atoms with E-state index in [1.54, 1.807) is 29.2 Å². The normalized spacial score (nSPS) is 27.3. The molecule has 0 radical (unpaired) electrons. The van der Waals surface area contributed by atoms with Gasteiger partial charge in [-0.25, -0.2) is 0 Å². The number of rotatable bonds is 8. The summed E-state index contributed by atoms with van der Waals surface area (Å²) in [5.74, 6) is -0.944. The summed E-state index contributed by atoms with van der Waals surface area (Å²) in [7, 11) is 0. The van der Waals surface area contributed by atoms with Crippen molar-refractivity contribution in [1.29, 1.82) is 0 Å². The first-order chi connectivity index (χ1) is 21.4. The molecule has 3 fully saturated rings. The third kappa shape index (κ3) is 5.17. The molecule has 44 heavy (non-hydrogen) atoms. The van der Waals surface area contributed by atoms with E-state index in [1.165, 1.54) is 6.42 Å². The zero-order valence-corrected chi connectivity index (χ0v) is 24.8. The monoisotopic (exact) mass is 591 g/mol. The molecule has 3 amide bonds. The van der Waals surface area contributed by atoms with Gasteiger partial charge in [0.1, 0.15) is 23.1 Å². The van der Waals surface area contributed by atoms with Crippen LogP contribution < -0.4 is 15.4 Å². The first-order valence-electron chi connectivity index (χ1n) is 15.6. The molecular weight excluding hydrogens is 554 g/mol. The van der Waals surface area contributed by atoms with Crippen molar-refractivity contribution in [3.05, 3.63) is 102 Å². The van der Waals surface area contributed by atoms with E-state index in [0.29, 0.717) is 11.4 Å². The Kier molecular flexibility index (Phi) is 7.46. The number of para-hydroxylation sites is 1. The molecule has 226 valence electrons. The number of likely N-dealkylation sites (tertiary alicyclic amines) is 1. The Labute approximate surface area is 257 Å². The van der Waals surface area contributed by atoms with Crippen molar-refractivity contribution in [1.82, 2.24) is 10.2 Å². The van der Waals surface area contributed by atoms with Crippen LogP contribution in [0.25, 0.3) is 0 Å². The number of carbonyl (C=O) groups excluding carboxylic acids is 3. The average Bonchev–Trinajstić information content (AvgIpc) is 3.68. The Morgan fingerprint density at radius 2 is 1.61 bits per heavy atom. The number of carbonyl (C=O) groups is 3. The Hall–Kier alpha value is -4.43. The number of ether oxygens (including phenoxy) is 2. The highest BCUT2D eigenvalue weighted by Gasteiger charge is 2.72. The number of aryl methyl sites for hydroxylation is 1. The van der Waals surface area contributed by atoms with Gasteiger partial charge >= 0.3 is 0 Å². The number of hydrogen-bond donors (Lipinski definition) is 2. The van der Waals surface area contributed by atoms with Gasteiger partial charge in [-0.15, -0.1) is 0 Å². The molecule has 1 saturated carbocycles. The molecule has 2 bridgehead atoms. The number of amides is 3. The van der Waals surface area contributed by atoms with Gasteiger partial charge in [0.05, 0.1) is 17.9 Å².